The van der Waals surface area contributed by atoms with E-state index in [9.17, 15) is 0 Å². The fourth-order valence-corrected chi connectivity index (χ4v) is 0.361. The van der Waals surface area contributed by atoms with Crippen molar-refractivity contribution in [3.63, 3.8) is 0 Å². The molecule has 0 unspecified atom stereocenters. The lowest BCUT2D eigenvalue weighted by Gasteiger charge is -1.74. The zero-order valence-electron chi connectivity index (χ0n) is 2.99. The Hall–Kier alpha value is -0.120. The van der Waals surface area contributed by atoms with Gasteiger partial charge in [-0.1, -0.05) is 0 Å². The fraction of sp³-hybridized carbons (Fsp3) is 1.00. The molecule has 0 aromatic heterocycles. The number of hydrazine groups is 1. The van der Waals surface area contributed by atoms with Gasteiger partial charge in [-0.3, -0.25) is 0 Å². The summed E-state index contributed by atoms with van der Waals surface area (Å²) in [6.45, 7) is 2.03. The van der Waals surface area contributed by atoms with Crippen molar-refractivity contribution in [3.8, 4) is 0 Å². The zero-order chi connectivity index (χ0) is 3.54. The van der Waals surface area contributed by atoms with Crippen LogP contribution in [0.4, 0.5) is 0 Å². The zero-order valence-corrected chi connectivity index (χ0v) is 2.99. The van der Waals surface area contributed by atoms with Gasteiger partial charge in [-0.25, -0.2) is 10.9 Å². The maximum atomic E-state index is 2.92. The van der Waals surface area contributed by atoms with Crippen molar-refractivity contribution < 1.29 is 5.32 Å². The average molecular weight is 74.1 g/mol. The third-order valence-electron chi connectivity index (χ3n) is 0.618. The first kappa shape index (κ1) is 3.08. The molecule has 0 amide bonds. The van der Waals surface area contributed by atoms with Crippen LogP contribution >= 0.6 is 0 Å². The van der Waals surface area contributed by atoms with Gasteiger partial charge in [0.25, 0.3) is 0 Å². The summed E-state index contributed by atoms with van der Waals surface area (Å²) in [6, 6.07) is 0. The molecule has 0 atom stereocenters. The van der Waals surface area contributed by atoms with Crippen LogP contribution in [0.1, 0.15) is 0 Å². The van der Waals surface area contributed by atoms with E-state index in [-0.39, 0.29) is 0 Å². The Labute approximate surface area is 30.7 Å². The Morgan fingerprint density at radius 1 is 1.20 bits per heavy atom. The summed E-state index contributed by atoms with van der Waals surface area (Å²) in [4.78, 5) is 0. The molecule has 3 heteroatoms. The van der Waals surface area contributed by atoms with E-state index in [1.165, 1.54) is 0 Å². The highest BCUT2D eigenvalue weighted by Crippen LogP contribution is 1.35. The molecule has 0 saturated carbocycles. The van der Waals surface area contributed by atoms with Crippen LogP contribution in [0, 0.1) is 0 Å². The SMILES string of the molecule is C1NNC[NH2+]1. The summed E-state index contributed by atoms with van der Waals surface area (Å²) in [6.07, 6.45) is 0. The summed E-state index contributed by atoms with van der Waals surface area (Å²) in [5.41, 5.74) is 5.83. The first-order valence-electron chi connectivity index (χ1n) is 1.77. The van der Waals surface area contributed by atoms with Crippen molar-refractivity contribution in [2.24, 2.45) is 0 Å². The summed E-state index contributed by atoms with van der Waals surface area (Å²) >= 11 is 0. The molecule has 0 spiro atoms. The molecule has 4 N–H and O–H groups in total. The highest BCUT2D eigenvalue weighted by Gasteiger charge is 1.92. The first-order chi connectivity index (χ1) is 2.50. The first-order valence-corrected chi connectivity index (χ1v) is 1.77. The number of nitrogens with one attached hydrogen (secondary N) is 2. The molecule has 0 aliphatic carbocycles. The third-order valence-corrected chi connectivity index (χ3v) is 0.618. The van der Waals surface area contributed by atoms with Crippen molar-refractivity contribution in [2.75, 3.05) is 13.3 Å². The predicted octanol–water partition coefficient (Wildman–Crippen LogP) is -2.43. The minimum Gasteiger partial charge on any atom is -0.320 e. The quantitative estimate of drug-likeness (QED) is 0.299. The highest BCUT2D eigenvalue weighted by molar-refractivity contribution is 4.20. The van der Waals surface area contributed by atoms with Gasteiger partial charge in [0.05, 0.1) is 0 Å². The van der Waals surface area contributed by atoms with Crippen LogP contribution in [0.5, 0.6) is 0 Å². The van der Waals surface area contributed by atoms with Gasteiger partial charge in [-0.15, -0.1) is 0 Å². The van der Waals surface area contributed by atoms with Gasteiger partial charge >= 0.3 is 0 Å². The number of hydrogen-bond acceptors (Lipinski definition) is 2. The largest absolute Gasteiger partial charge is 0.320 e. The van der Waals surface area contributed by atoms with E-state index in [0.717, 1.165) is 13.3 Å². The Balaban J connectivity index is 2.08. The van der Waals surface area contributed by atoms with Crippen LogP contribution in [-0.2, 0) is 0 Å². The van der Waals surface area contributed by atoms with Gasteiger partial charge in [-0.05, 0) is 0 Å². The summed E-state index contributed by atoms with van der Waals surface area (Å²) in [7, 11) is 0. The number of rotatable bonds is 0. The van der Waals surface area contributed by atoms with E-state index >= 15 is 0 Å². The molecule has 0 aromatic carbocycles. The molecule has 1 saturated heterocycles. The molecule has 1 aliphatic rings. The lowest BCUT2D eigenvalue weighted by molar-refractivity contribution is -0.639. The minimum atomic E-state index is 1.01. The second-order valence-electron chi connectivity index (χ2n) is 1.05. The molecular formula is C2H8N3+. The van der Waals surface area contributed by atoms with E-state index in [1.54, 1.807) is 0 Å². The van der Waals surface area contributed by atoms with E-state index in [2.05, 4.69) is 16.2 Å². The number of quaternary nitrogens is 1. The second kappa shape index (κ2) is 1.35. The Bertz CT molecular complexity index is 16.5. The van der Waals surface area contributed by atoms with Gasteiger partial charge in [0.2, 0.25) is 0 Å². The average Bonchev–Trinajstić information content (AvgIpc) is 1.76. The van der Waals surface area contributed by atoms with Gasteiger partial charge in [0, 0.05) is 0 Å². The number of nitrogens with two attached hydrogens (primary N) is 1. The highest BCUT2D eigenvalue weighted by atomic mass is 15.5. The molecule has 0 radical (unpaired) electrons. The van der Waals surface area contributed by atoms with Crippen LogP contribution in [0.15, 0.2) is 0 Å². The molecule has 1 fully saturated rings. The molecule has 1 heterocycles. The van der Waals surface area contributed by atoms with Crippen LogP contribution < -0.4 is 16.2 Å². The molecule has 1 rings (SSSR count). The van der Waals surface area contributed by atoms with Gasteiger partial charge in [-0.2, -0.15) is 0 Å². The van der Waals surface area contributed by atoms with Gasteiger partial charge in [0.15, 0.2) is 0 Å². The summed E-state index contributed by atoms with van der Waals surface area (Å²) < 4.78 is 0. The second-order valence-corrected chi connectivity index (χ2v) is 1.05. The van der Waals surface area contributed by atoms with Crippen molar-refractivity contribution in [1.29, 1.82) is 0 Å². The van der Waals surface area contributed by atoms with Crippen molar-refractivity contribution in [3.05, 3.63) is 0 Å². The molecule has 0 bridgehead atoms. The maximum Gasteiger partial charge on any atom is 0.143 e. The van der Waals surface area contributed by atoms with E-state index < -0.39 is 0 Å². The molecule has 3 nitrogen and oxygen atoms in total. The molecule has 1 aliphatic heterocycles. The fourth-order valence-electron chi connectivity index (χ4n) is 0.361. The standard InChI is InChI=1S/C2H7N3/c1-3-2-5-4-1/h3-5H,1-2H2/p+1. The smallest absolute Gasteiger partial charge is 0.143 e. The van der Waals surface area contributed by atoms with Crippen molar-refractivity contribution in [1.82, 2.24) is 10.9 Å². The van der Waals surface area contributed by atoms with Crippen LogP contribution in [0.3, 0.4) is 0 Å². The van der Waals surface area contributed by atoms with Gasteiger partial charge < -0.3 is 5.32 Å². The maximum absolute atomic E-state index is 2.92. The normalized spacial score (nSPS) is 24.0. The minimum absolute atomic E-state index is 1.01. The van der Waals surface area contributed by atoms with Crippen LogP contribution in [-0.4, -0.2) is 13.3 Å². The van der Waals surface area contributed by atoms with E-state index in [1.807, 2.05) is 0 Å². The van der Waals surface area contributed by atoms with Crippen LogP contribution in [0.2, 0.25) is 0 Å². The Morgan fingerprint density at radius 2 is 1.80 bits per heavy atom. The Kier molecular flexibility index (Phi) is 0.834. The summed E-state index contributed by atoms with van der Waals surface area (Å²) in [5, 5.41) is 2.14. The summed E-state index contributed by atoms with van der Waals surface area (Å²) in [5.74, 6) is 0. The number of hydrogen-bond donors (Lipinski definition) is 3. The van der Waals surface area contributed by atoms with Crippen LogP contribution in [0.25, 0.3) is 0 Å². The predicted molar refractivity (Wildman–Crippen MR) is 17.9 cm³/mol. The lowest BCUT2D eigenvalue weighted by atomic mass is 11.1. The molecule has 0 aromatic rings. The van der Waals surface area contributed by atoms with Crippen molar-refractivity contribution in [2.45, 2.75) is 0 Å². The molecule has 30 valence electrons. The monoisotopic (exact) mass is 74.1 g/mol. The Morgan fingerprint density at radius 3 is 2.00 bits per heavy atom. The molecular weight excluding hydrogens is 66.0 g/mol. The van der Waals surface area contributed by atoms with E-state index in [0.29, 0.717) is 0 Å². The van der Waals surface area contributed by atoms with E-state index in [4.69, 9.17) is 0 Å². The lowest BCUT2D eigenvalue weighted by Crippen LogP contribution is -2.82. The topological polar surface area (TPSA) is 40.7 Å². The van der Waals surface area contributed by atoms with Crippen molar-refractivity contribution >= 4 is 0 Å². The molecule has 5 heavy (non-hydrogen) atoms. The third kappa shape index (κ3) is 0.576. The van der Waals surface area contributed by atoms with Gasteiger partial charge in [0.1, 0.15) is 13.3 Å².